The minimum Gasteiger partial charge on any atom is -0.396 e. The van der Waals surface area contributed by atoms with Gasteiger partial charge in [0, 0.05) is 17.9 Å². The highest BCUT2D eigenvalue weighted by Crippen LogP contribution is 2.72. The van der Waals surface area contributed by atoms with Crippen LogP contribution >= 0.6 is 0 Å². The number of hydrogen-bond donors (Lipinski definition) is 3. The summed E-state index contributed by atoms with van der Waals surface area (Å²) in [5.41, 5.74) is -0.253. The van der Waals surface area contributed by atoms with Gasteiger partial charge in [-0.2, -0.15) is 0 Å². The van der Waals surface area contributed by atoms with E-state index in [0.29, 0.717) is 18.8 Å². The van der Waals surface area contributed by atoms with E-state index in [0.717, 1.165) is 32.1 Å². The molecule has 0 amide bonds. The number of carbonyl (C=O) groups excluding carboxylic acids is 1. The van der Waals surface area contributed by atoms with Crippen molar-refractivity contribution in [2.75, 3.05) is 6.61 Å². The molecule has 4 nitrogen and oxygen atoms in total. The first-order valence-corrected chi connectivity index (χ1v) is 11.9. The third-order valence-electron chi connectivity index (χ3n) is 10.8. The number of Topliss-reactive ketones (excluding diaryl/α,β-unsaturated/α-hetero) is 1. The second kappa shape index (κ2) is 6.77. The maximum absolute atomic E-state index is 12.2. The largest absolute Gasteiger partial charge is 0.396 e. The summed E-state index contributed by atoms with van der Waals surface area (Å²) >= 11 is 0. The second-order valence-corrected chi connectivity index (χ2v) is 12.4. The van der Waals surface area contributed by atoms with Crippen molar-refractivity contribution in [3.8, 4) is 0 Å². The lowest BCUT2D eigenvalue weighted by Gasteiger charge is -2.70. The standard InChI is InChI=1S/C25H42O4/c1-15(27)16-13-24(5)19(11-17(16)28)23(4)10-7-18-22(2,3)8-6-9-25(18,14-26)20(23)12-21(24)29/h16-21,26,28-29H,6-14H2,1-5H3/t16-,17+,18?,19?,20?,21-,23+,24-,25-/m1/s1. The summed E-state index contributed by atoms with van der Waals surface area (Å²) in [7, 11) is 0. The Bertz CT molecular complexity index is 674. The van der Waals surface area contributed by atoms with Gasteiger partial charge in [0.05, 0.1) is 12.2 Å². The third kappa shape index (κ3) is 2.84. The Hall–Kier alpha value is -0.450. The second-order valence-electron chi connectivity index (χ2n) is 12.4. The molecule has 0 aromatic rings. The van der Waals surface area contributed by atoms with Crippen LogP contribution in [0.2, 0.25) is 0 Å². The van der Waals surface area contributed by atoms with E-state index in [1.54, 1.807) is 6.92 Å². The summed E-state index contributed by atoms with van der Waals surface area (Å²) in [6.07, 6.45) is 6.43. The van der Waals surface area contributed by atoms with E-state index in [-0.39, 0.29) is 51.8 Å². The Kier molecular flexibility index (Phi) is 5.08. The summed E-state index contributed by atoms with van der Waals surface area (Å²) < 4.78 is 0. The average molecular weight is 407 g/mol. The van der Waals surface area contributed by atoms with Crippen LogP contribution in [-0.2, 0) is 4.79 Å². The molecular formula is C25H42O4. The topological polar surface area (TPSA) is 77.8 Å². The van der Waals surface area contributed by atoms with Gasteiger partial charge in [0.15, 0.2) is 0 Å². The molecule has 0 aromatic heterocycles. The molecule has 4 heteroatoms. The van der Waals surface area contributed by atoms with Crippen molar-refractivity contribution in [2.45, 2.75) is 98.2 Å². The monoisotopic (exact) mass is 406 g/mol. The highest BCUT2D eigenvalue weighted by Gasteiger charge is 2.68. The molecular weight excluding hydrogens is 364 g/mol. The molecule has 0 spiro atoms. The number of fused-ring (bicyclic) bond motifs is 5. The van der Waals surface area contributed by atoms with Gasteiger partial charge in [-0.1, -0.05) is 34.1 Å². The van der Waals surface area contributed by atoms with Crippen molar-refractivity contribution in [3.63, 3.8) is 0 Å². The summed E-state index contributed by atoms with van der Waals surface area (Å²) in [5.74, 6) is 0.627. The van der Waals surface area contributed by atoms with Crippen LogP contribution < -0.4 is 0 Å². The van der Waals surface area contributed by atoms with Crippen LogP contribution in [0.1, 0.15) is 86.0 Å². The van der Waals surface area contributed by atoms with E-state index in [1.807, 2.05) is 0 Å². The van der Waals surface area contributed by atoms with E-state index < -0.39 is 12.2 Å². The molecule has 9 atom stereocenters. The molecule has 4 aliphatic rings. The van der Waals surface area contributed by atoms with Crippen LogP contribution in [0.4, 0.5) is 0 Å². The smallest absolute Gasteiger partial charge is 0.135 e. The van der Waals surface area contributed by atoms with Crippen LogP contribution in [0, 0.1) is 45.3 Å². The molecule has 3 N–H and O–H groups in total. The Morgan fingerprint density at radius 2 is 1.62 bits per heavy atom. The lowest BCUT2D eigenvalue weighted by Crippen LogP contribution is -2.67. The third-order valence-corrected chi connectivity index (χ3v) is 10.8. The summed E-state index contributed by atoms with van der Waals surface area (Å²) in [4.78, 5) is 12.2. The highest BCUT2D eigenvalue weighted by atomic mass is 16.3. The maximum atomic E-state index is 12.2. The average Bonchev–Trinajstić information content (AvgIpc) is 2.64. The van der Waals surface area contributed by atoms with Gasteiger partial charge in [-0.3, -0.25) is 4.79 Å². The van der Waals surface area contributed by atoms with Gasteiger partial charge in [-0.25, -0.2) is 0 Å². The summed E-state index contributed by atoms with van der Waals surface area (Å²) in [6, 6.07) is 0. The van der Waals surface area contributed by atoms with Crippen molar-refractivity contribution in [3.05, 3.63) is 0 Å². The number of aliphatic hydroxyl groups is 3. The highest BCUT2D eigenvalue weighted by molar-refractivity contribution is 5.79. The molecule has 0 saturated heterocycles. The van der Waals surface area contributed by atoms with E-state index in [9.17, 15) is 20.1 Å². The molecule has 0 aliphatic heterocycles. The van der Waals surface area contributed by atoms with Crippen molar-refractivity contribution in [2.24, 2.45) is 45.3 Å². The number of carbonyl (C=O) groups is 1. The van der Waals surface area contributed by atoms with Gasteiger partial charge in [-0.05, 0) is 85.9 Å². The van der Waals surface area contributed by atoms with Crippen molar-refractivity contribution < 1.29 is 20.1 Å². The first-order chi connectivity index (χ1) is 13.4. The predicted molar refractivity (Wildman–Crippen MR) is 113 cm³/mol. The molecule has 4 aliphatic carbocycles. The number of aliphatic hydroxyl groups excluding tert-OH is 3. The van der Waals surface area contributed by atoms with E-state index >= 15 is 0 Å². The van der Waals surface area contributed by atoms with E-state index in [1.165, 1.54) is 6.42 Å². The van der Waals surface area contributed by atoms with Crippen LogP contribution in [0.25, 0.3) is 0 Å². The molecule has 4 rings (SSSR count). The quantitative estimate of drug-likeness (QED) is 0.649. The van der Waals surface area contributed by atoms with Gasteiger partial charge in [0.2, 0.25) is 0 Å². The molecule has 29 heavy (non-hydrogen) atoms. The van der Waals surface area contributed by atoms with Crippen LogP contribution in [-0.4, -0.2) is 39.9 Å². The Labute approximate surface area is 176 Å². The number of rotatable bonds is 2. The van der Waals surface area contributed by atoms with Crippen molar-refractivity contribution >= 4 is 5.78 Å². The molecule has 0 bridgehead atoms. The maximum Gasteiger partial charge on any atom is 0.135 e. The van der Waals surface area contributed by atoms with Gasteiger partial charge < -0.3 is 15.3 Å². The van der Waals surface area contributed by atoms with Gasteiger partial charge in [0.25, 0.3) is 0 Å². The lowest BCUT2D eigenvalue weighted by molar-refractivity contribution is -0.255. The molecule has 4 saturated carbocycles. The molecule has 0 heterocycles. The van der Waals surface area contributed by atoms with Crippen molar-refractivity contribution in [1.82, 2.24) is 0 Å². The Morgan fingerprint density at radius 3 is 2.24 bits per heavy atom. The molecule has 166 valence electrons. The van der Waals surface area contributed by atoms with Gasteiger partial charge in [0.1, 0.15) is 5.78 Å². The Balaban J connectivity index is 1.77. The van der Waals surface area contributed by atoms with Gasteiger partial charge >= 0.3 is 0 Å². The molecule has 0 aromatic carbocycles. The van der Waals surface area contributed by atoms with E-state index in [4.69, 9.17) is 0 Å². The SMILES string of the molecule is CC(=O)[C@H]1C[C@]2(C)C(C[C@@H]1O)[C@]1(C)CCC3C(C)(C)CCC[C@]3(CO)C1C[C@H]2O. The van der Waals surface area contributed by atoms with Crippen LogP contribution in [0.15, 0.2) is 0 Å². The number of hydrogen-bond acceptors (Lipinski definition) is 4. The minimum atomic E-state index is -0.612. The normalized spacial score (nSPS) is 54.1. The molecule has 4 fully saturated rings. The molecule has 3 unspecified atom stereocenters. The fourth-order valence-electron chi connectivity index (χ4n) is 9.33. The van der Waals surface area contributed by atoms with Crippen molar-refractivity contribution in [1.29, 1.82) is 0 Å². The summed E-state index contributed by atoms with van der Waals surface area (Å²) in [6.45, 7) is 11.1. The minimum absolute atomic E-state index is 0.0105. The first-order valence-electron chi connectivity index (χ1n) is 11.9. The summed E-state index contributed by atoms with van der Waals surface area (Å²) in [5, 5.41) is 33.1. The van der Waals surface area contributed by atoms with E-state index in [2.05, 4.69) is 27.7 Å². The Morgan fingerprint density at radius 1 is 0.931 bits per heavy atom. The fraction of sp³-hybridized carbons (Fsp3) is 0.960. The van der Waals surface area contributed by atoms with Crippen LogP contribution in [0.5, 0.6) is 0 Å². The number of ketones is 1. The fourth-order valence-corrected chi connectivity index (χ4v) is 9.33. The zero-order chi connectivity index (χ0) is 21.4. The molecule has 0 radical (unpaired) electrons. The van der Waals surface area contributed by atoms with Gasteiger partial charge in [-0.15, -0.1) is 0 Å². The van der Waals surface area contributed by atoms with Crippen LogP contribution in [0.3, 0.4) is 0 Å². The predicted octanol–water partition coefficient (Wildman–Crippen LogP) is 3.95. The lowest BCUT2D eigenvalue weighted by atomic mass is 9.34. The zero-order valence-electron chi connectivity index (χ0n) is 19.1. The first kappa shape index (κ1) is 21.8. The zero-order valence-corrected chi connectivity index (χ0v) is 19.1.